The van der Waals surface area contributed by atoms with Gasteiger partial charge >= 0.3 is 5.97 Å². The zero-order valence-electron chi connectivity index (χ0n) is 14.9. The Hall–Kier alpha value is -1.95. The van der Waals surface area contributed by atoms with Crippen molar-refractivity contribution in [3.05, 3.63) is 17.7 Å². The maximum atomic E-state index is 11.7. The molecular formula is C18H27NO5. The Morgan fingerprint density at radius 3 is 2.29 bits per heavy atom. The van der Waals surface area contributed by atoms with Crippen molar-refractivity contribution >= 4 is 5.97 Å². The lowest BCUT2D eigenvalue weighted by Gasteiger charge is -2.39. The van der Waals surface area contributed by atoms with E-state index in [4.69, 9.17) is 14.2 Å². The van der Waals surface area contributed by atoms with Crippen LogP contribution in [-0.2, 0) is 4.79 Å². The third kappa shape index (κ3) is 3.59. The van der Waals surface area contributed by atoms with Gasteiger partial charge in [0.05, 0.1) is 21.3 Å². The molecule has 134 valence electrons. The van der Waals surface area contributed by atoms with Gasteiger partial charge in [-0.15, -0.1) is 0 Å². The van der Waals surface area contributed by atoms with E-state index in [1.807, 2.05) is 12.1 Å². The van der Waals surface area contributed by atoms with Gasteiger partial charge in [0.15, 0.2) is 11.5 Å². The zero-order chi connectivity index (χ0) is 17.7. The van der Waals surface area contributed by atoms with E-state index in [2.05, 4.69) is 11.8 Å². The minimum absolute atomic E-state index is 0.0000983. The SMILES string of the molecule is CCC(c1cc(OC)c(OC)c(OC)c1)N1CCCCC1C(=O)O. The highest BCUT2D eigenvalue weighted by atomic mass is 16.5. The molecule has 0 radical (unpaired) electrons. The molecule has 2 atom stereocenters. The average Bonchev–Trinajstić information content (AvgIpc) is 2.61. The fourth-order valence-electron chi connectivity index (χ4n) is 3.55. The minimum atomic E-state index is -0.749. The summed E-state index contributed by atoms with van der Waals surface area (Å²) in [6.07, 6.45) is 3.47. The number of piperidine rings is 1. The van der Waals surface area contributed by atoms with Gasteiger partial charge in [-0.3, -0.25) is 9.69 Å². The number of benzene rings is 1. The molecule has 0 aliphatic carbocycles. The Morgan fingerprint density at radius 1 is 1.21 bits per heavy atom. The van der Waals surface area contributed by atoms with Crippen LogP contribution in [0.15, 0.2) is 12.1 Å². The highest BCUT2D eigenvalue weighted by molar-refractivity contribution is 5.73. The van der Waals surface area contributed by atoms with Crippen molar-refractivity contribution in [2.45, 2.75) is 44.7 Å². The Kier molecular flexibility index (Phi) is 6.31. The predicted molar refractivity (Wildman–Crippen MR) is 91.1 cm³/mol. The third-order valence-corrected chi connectivity index (χ3v) is 4.69. The number of carboxylic acid groups (broad SMARTS) is 1. The summed E-state index contributed by atoms with van der Waals surface area (Å²) in [7, 11) is 4.74. The summed E-state index contributed by atoms with van der Waals surface area (Å²) in [5, 5.41) is 9.57. The molecule has 1 fully saturated rings. The maximum Gasteiger partial charge on any atom is 0.320 e. The van der Waals surface area contributed by atoms with E-state index < -0.39 is 12.0 Å². The van der Waals surface area contributed by atoms with Crippen LogP contribution < -0.4 is 14.2 Å². The van der Waals surface area contributed by atoms with Crippen LogP contribution in [0.4, 0.5) is 0 Å². The molecule has 1 aliphatic heterocycles. The molecule has 0 aromatic heterocycles. The van der Waals surface area contributed by atoms with Crippen LogP contribution in [0.2, 0.25) is 0 Å². The second kappa shape index (κ2) is 8.24. The molecule has 1 saturated heterocycles. The number of nitrogens with zero attached hydrogens (tertiary/aromatic N) is 1. The number of hydrogen-bond donors (Lipinski definition) is 1. The number of aliphatic carboxylic acids is 1. The summed E-state index contributed by atoms with van der Waals surface area (Å²) in [6, 6.07) is 3.40. The van der Waals surface area contributed by atoms with E-state index in [1.54, 1.807) is 21.3 Å². The summed E-state index contributed by atoms with van der Waals surface area (Å²) < 4.78 is 16.2. The van der Waals surface area contributed by atoms with Gasteiger partial charge in [0.25, 0.3) is 0 Å². The number of carboxylic acids is 1. The van der Waals surface area contributed by atoms with E-state index in [0.29, 0.717) is 23.7 Å². The van der Waals surface area contributed by atoms with E-state index in [1.165, 1.54) is 0 Å². The molecule has 0 amide bonds. The molecule has 1 aromatic carbocycles. The Labute approximate surface area is 143 Å². The van der Waals surface area contributed by atoms with E-state index in [0.717, 1.165) is 31.4 Å². The third-order valence-electron chi connectivity index (χ3n) is 4.69. The highest BCUT2D eigenvalue weighted by Crippen LogP contribution is 2.42. The average molecular weight is 337 g/mol. The van der Waals surface area contributed by atoms with Crippen LogP contribution in [0.25, 0.3) is 0 Å². The molecule has 1 aromatic rings. The second-order valence-electron chi connectivity index (χ2n) is 5.97. The Morgan fingerprint density at radius 2 is 1.83 bits per heavy atom. The quantitative estimate of drug-likeness (QED) is 0.824. The van der Waals surface area contributed by atoms with Crippen molar-refractivity contribution in [1.82, 2.24) is 4.90 Å². The molecule has 0 saturated carbocycles. The van der Waals surface area contributed by atoms with Gasteiger partial charge in [-0.05, 0) is 43.5 Å². The lowest BCUT2D eigenvalue weighted by Crippen LogP contribution is -2.46. The number of rotatable bonds is 7. The Balaban J connectivity index is 2.44. The first kappa shape index (κ1) is 18.4. The van der Waals surface area contributed by atoms with Gasteiger partial charge in [0.2, 0.25) is 5.75 Å². The normalized spacial score (nSPS) is 19.6. The smallest absolute Gasteiger partial charge is 0.320 e. The van der Waals surface area contributed by atoms with Crippen molar-refractivity contribution in [2.24, 2.45) is 0 Å². The molecule has 1 aliphatic rings. The standard InChI is InChI=1S/C18H27NO5/c1-5-13(19-9-7-6-8-14(19)18(20)21)12-10-15(22-2)17(24-4)16(11-12)23-3/h10-11,13-14H,5-9H2,1-4H3,(H,20,21). The molecule has 1 heterocycles. The number of likely N-dealkylation sites (tertiary alicyclic amines) is 1. The summed E-state index contributed by atoms with van der Waals surface area (Å²) in [5.41, 5.74) is 0.986. The van der Waals surface area contributed by atoms with Crippen molar-refractivity contribution in [3.63, 3.8) is 0 Å². The molecular weight excluding hydrogens is 310 g/mol. The lowest BCUT2D eigenvalue weighted by atomic mass is 9.94. The molecule has 2 rings (SSSR count). The number of hydrogen-bond acceptors (Lipinski definition) is 5. The van der Waals surface area contributed by atoms with Crippen LogP contribution in [0.1, 0.15) is 44.2 Å². The molecule has 0 bridgehead atoms. The van der Waals surface area contributed by atoms with Crippen LogP contribution in [-0.4, -0.2) is 49.9 Å². The van der Waals surface area contributed by atoms with Gasteiger partial charge in [0, 0.05) is 6.04 Å². The van der Waals surface area contributed by atoms with Crippen LogP contribution in [0, 0.1) is 0 Å². The summed E-state index contributed by atoms with van der Waals surface area (Å²) in [4.78, 5) is 13.7. The highest BCUT2D eigenvalue weighted by Gasteiger charge is 2.34. The minimum Gasteiger partial charge on any atom is -0.493 e. The van der Waals surface area contributed by atoms with Crippen molar-refractivity contribution < 1.29 is 24.1 Å². The molecule has 6 nitrogen and oxygen atoms in total. The van der Waals surface area contributed by atoms with Crippen molar-refractivity contribution in [2.75, 3.05) is 27.9 Å². The number of ether oxygens (including phenoxy) is 3. The summed E-state index contributed by atoms with van der Waals surface area (Å²) >= 11 is 0. The monoisotopic (exact) mass is 337 g/mol. The maximum absolute atomic E-state index is 11.7. The Bertz CT molecular complexity index is 550. The summed E-state index contributed by atoms with van der Waals surface area (Å²) in [5.74, 6) is 0.982. The molecule has 2 unspecified atom stereocenters. The van der Waals surface area contributed by atoms with Gasteiger partial charge < -0.3 is 19.3 Å². The first-order valence-corrected chi connectivity index (χ1v) is 8.35. The van der Waals surface area contributed by atoms with Crippen molar-refractivity contribution in [3.8, 4) is 17.2 Å². The topological polar surface area (TPSA) is 68.2 Å². The van der Waals surface area contributed by atoms with E-state index in [9.17, 15) is 9.90 Å². The fourth-order valence-corrected chi connectivity index (χ4v) is 3.55. The van der Waals surface area contributed by atoms with Crippen LogP contribution in [0.3, 0.4) is 0 Å². The van der Waals surface area contributed by atoms with E-state index >= 15 is 0 Å². The van der Waals surface area contributed by atoms with Crippen LogP contribution in [0.5, 0.6) is 17.2 Å². The van der Waals surface area contributed by atoms with Gasteiger partial charge in [-0.1, -0.05) is 13.3 Å². The van der Waals surface area contributed by atoms with Gasteiger partial charge in [-0.25, -0.2) is 0 Å². The fraction of sp³-hybridized carbons (Fsp3) is 0.611. The molecule has 1 N–H and O–H groups in total. The van der Waals surface area contributed by atoms with Crippen molar-refractivity contribution in [1.29, 1.82) is 0 Å². The lowest BCUT2D eigenvalue weighted by molar-refractivity contribution is -0.146. The zero-order valence-corrected chi connectivity index (χ0v) is 14.9. The van der Waals surface area contributed by atoms with Crippen LogP contribution >= 0.6 is 0 Å². The largest absolute Gasteiger partial charge is 0.493 e. The molecule has 24 heavy (non-hydrogen) atoms. The number of methoxy groups -OCH3 is 3. The molecule has 6 heteroatoms. The van der Waals surface area contributed by atoms with E-state index in [-0.39, 0.29) is 6.04 Å². The number of carbonyl (C=O) groups is 1. The summed E-state index contributed by atoms with van der Waals surface area (Å²) in [6.45, 7) is 2.85. The van der Waals surface area contributed by atoms with Gasteiger partial charge in [-0.2, -0.15) is 0 Å². The second-order valence-corrected chi connectivity index (χ2v) is 5.97. The predicted octanol–water partition coefficient (Wildman–Crippen LogP) is 3.10. The molecule has 0 spiro atoms. The first-order chi connectivity index (χ1) is 11.6. The van der Waals surface area contributed by atoms with Gasteiger partial charge in [0.1, 0.15) is 6.04 Å². The first-order valence-electron chi connectivity index (χ1n) is 8.35.